The minimum atomic E-state index is -1.58. The normalized spacial score (nSPS) is 18.3. The molecular formula is C23H32N4O9. The molecule has 0 radical (unpaired) electrons. The van der Waals surface area contributed by atoms with Crippen molar-refractivity contribution in [1.82, 2.24) is 21.3 Å². The van der Waals surface area contributed by atoms with Crippen LogP contribution in [0.1, 0.15) is 38.2 Å². The number of carbonyl (C=O) groups excluding carboxylic acids is 3. The van der Waals surface area contributed by atoms with Gasteiger partial charge in [-0.2, -0.15) is 0 Å². The highest BCUT2D eigenvalue weighted by atomic mass is 16.4. The summed E-state index contributed by atoms with van der Waals surface area (Å²) in [5.74, 6) is -4.93. The molecule has 5 atom stereocenters. The van der Waals surface area contributed by atoms with Gasteiger partial charge in [-0.25, -0.2) is 4.79 Å². The lowest BCUT2D eigenvalue weighted by atomic mass is 10.0. The Bertz CT molecular complexity index is 945. The summed E-state index contributed by atoms with van der Waals surface area (Å²) in [6, 6.07) is 0.891. The number of phenolic OH excluding ortho intramolecular Hbond substituents is 1. The molecule has 0 aliphatic carbocycles. The van der Waals surface area contributed by atoms with E-state index in [0.29, 0.717) is 18.5 Å². The van der Waals surface area contributed by atoms with Gasteiger partial charge in [0.05, 0.1) is 12.1 Å². The van der Waals surface area contributed by atoms with Crippen LogP contribution in [0.2, 0.25) is 0 Å². The van der Waals surface area contributed by atoms with E-state index in [2.05, 4.69) is 21.3 Å². The Balaban J connectivity index is 2.10. The van der Waals surface area contributed by atoms with E-state index in [1.165, 1.54) is 31.2 Å². The van der Waals surface area contributed by atoms with Crippen molar-refractivity contribution in [3.63, 3.8) is 0 Å². The summed E-state index contributed by atoms with van der Waals surface area (Å²) < 4.78 is 0. The van der Waals surface area contributed by atoms with Crippen LogP contribution in [0.3, 0.4) is 0 Å². The van der Waals surface area contributed by atoms with Gasteiger partial charge < -0.3 is 41.7 Å². The first kappa shape index (κ1) is 28.5. The highest BCUT2D eigenvalue weighted by molar-refractivity contribution is 5.94. The highest BCUT2D eigenvalue weighted by Crippen LogP contribution is 2.12. The fraction of sp³-hybridized carbons (Fsp3) is 0.522. The van der Waals surface area contributed by atoms with E-state index in [1.54, 1.807) is 0 Å². The number of hydrogen-bond acceptors (Lipinski definition) is 8. The van der Waals surface area contributed by atoms with Crippen LogP contribution in [-0.2, 0) is 30.4 Å². The molecule has 13 nitrogen and oxygen atoms in total. The number of carboxylic acids is 2. The van der Waals surface area contributed by atoms with Gasteiger partial charge in [0.15, 0.2) is 0 Å². The first-order valence-electron chi connectivity index (χ1n) is 11.5. The smallest absolute Gasteiger partial charge is 0.326 e. The van der Waals surface area contributed by atoms with Crippen LogP contribution in [0.4, 0.5) is 0 Å². The van der Waals surface area contributed by atoms with Crippen molar-refractivity contribution >= 4 is 29.7 Å². The molecule has 3 amide bonds. The van der Waals surface area contributed by atoms with Crippen LogP contribution in [-0.4, -0.2) is 86.9 Å². The standard InChI is InChI=1S/C23H32N4O9/c1-12(28)19(22(34)26-17(23(35)36)11-13-4-6-14(29)7-5-13)27-21(33)16(8-9-18(30)31)25-20(32)15-3-2-10-24-15/h4-7,12,15-17,19,24,28-29H,2-3,8-11H2,1H3,(H,25,32)(H,26,34)(H,27,33)(H,30,31)(H,35,36). The molecule has 1 aliphatic rings. The molecule has 1 aromatic carbocycles. The zero-order valence-electron chi connectivity index (χ0n) is 19.8. The minimum Gasteiger partial charge on any atom is -0.508 e. The molecule has 1 aliphatic heterocycles. The van der Waals surface area contributed by atoms with Crippen LogP contribution in [0.25, 0.3) is 0 Å². The van der Waals surface area contributed by atoms with Gasteiger partial charge in [0.25, 0.3) is 0 Å². The Hall–Kier alpha value is -3.71. The molecule has 5 unspecified atom stereocenters. The summed E-state index contributed by atoms with van der Waals surface area (Å²) >= 11 is 0. The van der Waals surface area contributed by atoms with E-state index in [-0.39, 0.29) is 18.6 Å². The van der Waals surface area contributed by atoms with Gasteiger partial charge in [0.1, 0.15) is 23.9 Å². The first-order chi connectivity index (χ1) is 17.0. The molecule has 0 bridgehead atoms. The van der Waals surface area contributed by atoms with Gasteiger partial charge in [-0.1, -0.05) is 12.1 Å². The Morgan fingerprint density at radius 2 is 1.67 bits per heavy atom. The second kappa shape index (κ2) is 13.4. The lowest BCUT2D eigenvalue weighted by Crippen LogP contribution is -2.60. The summed E-state index contributed by atoms with van der Waals surface area (Å²) in [5.41, 5.74) is 0.509. The Labute approximate surface area is 207 Å². The van der Waals surface area contributed by atoms with Crippen LogP contribution in [0.5, 0.6) is 5.75 Å². The molecule has 36 heavy (non-hydrogen) atoms. The zero-order chi connectivity index (χ0) is 26.8. The Kier molecular flexibility index (Phi) is 10.6. The molecule has 0 saturated carbocycles. The number of aliphatic carboxylic acids is 2. The quantitative estimate of drug-likeness (QED) is 0.154. The van der Waals surface area contributed by atoms with Crippen molar-refractivity contribution in [3.05, 3.63) is 29.8 Å². The monoisotopic (exact) mass is 508 g/mol. The predicted octanol–water partition coefficient (Wildman–Crippen LogP) is -1.53. The van der Waals surface area contributed by atoms with Gasteiger partial charge in [-0.15, -0.1) is 0 Å². The van der Waals surface area contributed by atoms with Crippen molar-refractivity contribution in [2.75, 3.05) is 6.54 Å². The second-order valence-corrected chi connectivity index (χ2v) is 8.64. The first-order valence-corrected chi connectivity index (χ1v) is 11.5. The van der Waals surface area contributed by atoms with Gasteiger partial charge in [-0.05, 0) is 50.4 Å². The van der Waals surface area contributed by atoms with E-state index >= 15 is 0 Å². The van der Waals surface area contributed by atoms with Crippen molar-refractivity contribution in [1.29, 1.82) is 0 Å². The highest BCUT2D eigenvalue weighted by Gasteiger charge is 2.33. The number of aliphatic hydroxyl groups excluding tert-OH is 1. The van der Waals surface area contributed by atoms with Crippen LogP contribution in [0.15, 0.2) is 24.3 Å². The predicted molar refractivity (Wildman–Crippen MR) is 125 cm³/mol. The zero-order valence-corrected chi connectivity index (χ0v) is 19.8. The lowest BCUT2D eigenvalue weighted by Gasteiger charge is -2.26. The molecule has 0 spiro atoms. The molecular weight excluding hydrogens is 476 g/mol. The third kappa shape index (κ3) is 8.82. The number of carboxylic acid groups (broad SMARTS) is 2. The van der Waals surface area contributed by atoms with Crippen molar-refractivity contribution in [3.8, 4) is 5.75 Å². The molecule has 1 fully saturated rings. The minimum absolute atomic E-state index is 0.0141. The average Bonchev–Trinajstić information content (AvgIpc) is 3.35. The number of aliphatic hydroxyl groups is 1. The molecule has 2 rings (SSSR count). The number of benzene rings is 1. The molecule has 0 aromatic heterocycles. The van der Waals surface area contributed by atoms with Gasteiger partial charge in [-0.3, -0.25) is 19.2 Å². The fourth-order valence-electron chi connectivity index (χ4n) is 3.71. The number of aromatic hydroxyl groups is 1. The van der Waals surface area contributed by atoms with Crippen molar-refractivity contribution < 1.29 is 44.4 Å². The number of phenols is 1. The second-order valence-electron chi connectivity index (χ2n) is 8.64. The van der Waals surface area contributed by atoms with E-state index in [1.807, 2.05) is 0 Å². The maximum absolute atomic E-state index is 12.9. The fourth-order valence-corrected chi connectivity index (χ4v) is 3.71. The van der Waals surface area contributed by atoms with E-state index in [9.17, 15) is 39.3 Å². The molecule has 1 aromatic rings. The van der Waals surface area contributed by atoms with Gasteiger partial charge in [0.2, 0.25) is 17.7 Å². The number of amides is 3. The third-order valence-corrected chi connectivity index (χ3v) is 5.71. The van der Waals surface area contributed by atoms with Crippen molar-refractivity contribution in [2.24, 2.45) is 0 Å². The van der Waals surface area contributed by atoms with Crippen LogP contribution < -0.4 is 21.3 Å². The maximum atomic E-state index is 12.9. The Morgan fingerprint density at radius 3 is 2.19 bits per heavy atom. The maximum Gasteiger partial charge on any atom is 0.326 e. The number of nitrogens with one attached hydrogen (secondary N) is 4. The molecule has 8 N–H and O–H groups in total. The summed E-state index contributed by atoms with van der Waals surface area (Å²) in [7, 11) is 0. The number of carbonyl (C=O) groups is 5. The topological polar surface area (TPSA) is 214 Å². The van der Waals surface area contributed by atoms with Gasteiger partial charge >= 0.3 is 11.9 Å². The SMILES string of the molecule is CC(O)C(NC(=O)C(CCC(=O)O)NC(=O)C1CCCN1)C(=O)NC(Cc1ccc(O)cc1)C(=O)O. The molecule has 198 valence electrons. The largest absolute Gasteiger partial charge is 0.508 e. The average molecular weight is 509 g/mol. The van der Waals surface area contributed by atoms with E-state index in [0.717, 1.165) is 6.42 Å². The molecule has 13 heteroatoms. The van der Waals surface area contributed by atoms with Gasteiger partial charge in [0, 0.05) is 12.8 Å². The summed E-state index contributed by atoms with van der Waals surface area (Å²) in [5, 5.41) is 48.1. The number of rotatable bonds is 13. The Morgan fingerprint density at radius 1 is 1.00 bits per heavy atom. The number of hydrogen-bond donors (Lipinski definition) is 8. The summed E-state index contributed by atoms with van der Waals surface area (Å²) in [6.45, 7) is 1.84. The van der Waals surface area contributed by atoms with Crippen molar-refractivity contribution in [2.45, 2.75) is 69.3 Å². The van der Waals surface area contributed by atoms with Crippen LogP contribution >= 0.6 is 0 Å². The third-order valence-electron chi connectivity index (χ3n) is 5.71. The molecule has 1 saturated heterocycles. The van der Waals surface area contributed by atoms with Crippen LogP contribution in [0, 0.1) is 0 Å². The summed E-state index contributed by atoms with van der Waals surface area (Å²) in [6.07, 6.45) is -0.946. The summed E-state index contributed by atoms with van der Waals surface area (Å²) in [4.78, 5) is 60.9. The van der Waals surface area contributed by atoms with E-state index in [4.69, 9.17) is 5.11 Å². The molecule has 1 heterocycles. The lowest BCUT2D eigenvalue weighted by molar-refractivity contribution is -0.143. The van der Waals surface area contributed by atoms with E-state index < -0.39 is 66.4 Å².